The van der Waals surface area contributed by atoms with Crippen molar-refractivity contribution in [1.29, 1.82) is 0 Å². The minimum atomic E-state index is 0.360. The molecule has 0 aliphatic heterocycles. The van der Waals surface area contributed by atoms with Crippen LogP contribution >= 0.6 is 11.3 Å². The Labute approximate surface area is 165 Å². The molecule has 1 aliphatic rings. The fraction of sp³-hybridized carbons (Fsp3) is 0.429. The van der Waals surface area contributed by atoms with Gasteiger partial charge in [-0.05, 0) is 56.4 Å². The number of hydrogen-bond donors (Lipinski definition) is 1. The van der Waals surface area contributed by atoms with Gasteiger partial charge < -0.3 is 10.2 Å². The van der Waals surface area contributed by atoms with Crippen molar-refractivity contribution in [2.75, 3.05) is 19.0 Å². The fourth-order valence-electron chi connectivity index (χ4n) is 3.66. The molecule has 5 nitrogen and oxygen atoms in total. The molecule has 0 fully saturated rings. The van der Waals surface area contributed by atoms with Crippen molar-refractivity contribution in [2.24, 2.45) is 0 Å². The first-order chi connectivity index (χ1) is 13.0. The highest BCUT2D eigenvalue weighted by atomic mass is 32.1. The highest BCUT2D eigenvalue weighted by Gasteiger charge is 2.24. The first kappa shape index (κ1) is 18.2. The number of benzene rings is 1. The molecular formula is C21H27N5S. The van der Waals surface area contributed by atoms with Crippen LogP contribution in [0.25, 0.3) is 5.69 Å². The standard InChI is InChI=1S/C21H27N5S/c1-14-8-9-16(10-15(14)2)26-20-7-5-6-19(18(20)13-24-26)22-11-17-12-23-21(27-17)25(3)4/h8-10,12-13,19,22H,5-7,11H2,1-4H3/t19-/m0/s1. The molecule has 0 saturated carbocycles. The maximum atomic E-state index is 4.73. The van der Waals surface area contributed by atoms with Gasteiger partial charge in [-0.2, -0.15) is 5.10 Å². The maximum absolute atomic E-state index is 4.73. The van der Waals surface area contributed by atoms with Gasteiger partial charge in [0.05, 0.1) is 11.9 Å². The van der Waals surface area contributed by atoms with Gasteiger partial charge in [-0.3, -0.25) is 0 Å². The van der Waals surface area contributed by atoms with E-state index in [1.165, 1.54) is 33.7 Å². The second kappa shape index (κ2) is 7.44. The summed E-state index contributed by atoms with van der Waals surface area (Å²) in [5.41, 5.74) is 6.49. The maximum Gasteiger partial charge on any atom is 0.185 e. The molecule has 3 aromatic rings. The van der Waals surface area contributed by atoms with Crippen LogP contribution in [0.3, 0.4) is 0 Å². The summed E-state index contributed by atoms with van der Waals surface area (Å²) in [7, 11) is 4.06. The summed E-state index contributed by atoms with van der Waals surface area (Å²) in [6.45, 7) is 5.17. The smallest absolute Gasteiger partial charge is 0.185 e. The highest BCUT2D eigenvalue weighted by Crippen LogP contribution is 2.32. The Morgan fingerprint density at radius 1 is 1.22 bits per heavy atom. The SMILES string of the molecule is Cc1ccc(-n2ncc3c2CCC[C@@H]3NCc2cnc(N(C)C)s2)cc1C. The molecule has 2 aromatic heterocycles. The highest BCUT2D eigenvalue weighted by molar-refractivity contribution is 7.15. The topological polar surface area (TPSA) is 46.0 Å². The third-order valence-electron chi connectivity index (χ3n) is 5.36. The molecule has 6 heteroatoms. The van der Waals surface area contributed by atoms with E-state index < -0.39 is 0 Å². The number of nitrogens with one attached hydrogen (secondary N) is 1. The summed E-state index contributed by atoms with van der Waals surface area (Å²) in [6.07, 6.45) is 7.47. The van der Waals surface area contributed by atoms with Crippen LogP contribution in [0.1, 0.15) is 46.1 Å². The van der Waals surface area contributed by atoms with E-state index in [1.54, 1.807) is 11.3 Å². The van der Waals surface area contributed by atoms with E-state index in [-0.39, 0.29) is 0 Å². The summed E-state index contributed by atoms with van der Waals surface area (Å²) in [4.78, 5) is 7.80. The minimum Gasteiger partial charge on any atom is -0.354 e. The molecule has 4 rings (SSSR count). The molecule has 0 bridgehead atoms. The van der Waals surface area contributed by atoms with Gasteiger partial charge in [0.25, 0.3) is 0 Å². The lowest BCUT2D eigenvalue weighted by Crippen LogP contribution is -2.24. The third-order valence-corrected chi connectivity index (χ3v) is 6.53. The number of anilines is 1. The summed E-state index contributed by atoms with van der Waals surface area (Å²) < 4.78 is 2.13. The molecule has 0 radical (unpaired) electrons. The van der Waals surface area contributed by atoms with Crippen molar-refractivity contribution in [3.63, 3.8) is 0 Å². The average molecular weight is 382 g/mol. The van der Waals surface area contributed by atoms with Gasteiger partial charge in [0.2, 0.25) is 0 Å². The van der Waals surface area contributed by atoms with Crippen LogP contribution in [0.15, 0.2) is 30.6 Å². The minimum absolute atomic E-state index is 0.360. The lowest BCUT2D eigenvalue weighted by molar-refractivity contribution is 0.456. The third kappa shape index (κ3) is 3.64. The van der Waals surface area contributed by atoms with Crippen molar-refractivity contribution in [3.8, 4) is 5.69 Å². The number of rotatable bonds is 5. The van der Waals surface area contributed by atoms with Crippen LogP contribution in [-0.4, -0.2) is 28.9 Å². The zero-order valence-corrected chi connectivity index (χ0v) is 17.3. The van der Waals surface area contributed by atoms with Crippen molar-refractivity contribution in [3.05, 3.63) is 57.9 Å². The molecule has 1 aliphatic carbocycles. The first-order valence-electron chi connectivity index (χ1n) is 9.53. The quantitative estimate of drug-likeness (QED) is 0.720. The Morgan fingerprint density at radius 3 is 2.81 bits per heavy atom. The van der Waals surface area contributed by atoms with E-state index in [0.717, 1.165) is 30.2 Å². The molecule has 0 spiro atoms. The molecule has 27 heavy (non-hydrogen) atoms. The fourth-order valence-corrected chi connectivity index (χ4v) is 4.44. The van der Waals surface area contributed by atoms with Crippen molar-refractivity contribution in [2.45, 2.75) is 45.7 Å². The van der Waals surface area contributed by atoms with E-state index in [4.69, 9.17) is 5.10 Å². The molecule has 1 N–H and O–H groups in total. The van der Waals surface area contributed by atoms with E-state index in [2.05, 4.69) is 58.1 Å². The Kier molecular flexibility index (Phi) is 5.02. The van der Waals surface area contributed by atoms with E-state index in [1.807, 2.05) is 20.3 Å². The van der Waals surface area contributed by atoms with Crippen LogP contribution < -0.4 is 10.2 Å². The lowest BCUT2D eigenvalue weighted by atomic mass is 9.93. The number of aromatic nitrogens is 3. The Morgan fingerprint density at radius 2 is 2.07 bits per heavy atom. The molecule has 0 saturated heterocycles. The summed E-state index contributed by atoms with van der Waals surface area (Å²) >= 11 is 1.75. The Hall–Kier alpha value is -2.18. The normalized spacial score (nSPS) is 16.4. The number of nitrogens with zero attached hydrogens (tertiary/aromatic N) is 4. The van der Waals surface area contributed by atoms with Crippen LogP contribution in [0.5, 0.6) is 0 Å². The van der Waals surface area contributed by atoms with Gasteiger partial charge in [-0.15, -0.1) is 11.3 Å². The Bertz CT molecular complexity index is 940. The largest absolute Gasteiger partial charge is 0.354 e. The molecular weight excluding hydrogens is 354 g/mol. The zero-order valence-electron chi connectivity index (χ0n) is 16.5. The van der Waals surface area contributed by atoms with Gasteiger partial charge in [0.1, 0.15) is 0 Å². The van der Waals surface area contributed by atoms with Crippen LogP contribution in [0.2, 0.25) is 0 Å². The first-order valence-corrected chi connectivity index (χ1v) is 10.3. The van der Waals surface area contributed by atoms with Crippen LogP contribution in [-0.2, 0) is 13.0 Å². The van der Waals surface area contributed by atoms with Gasteiger partial charge >= 0.3 is 0 Å². The summed E-state index contributed by atoms with van der Waals surface area (Å²) in [5, 5.41) is 9.52. The van der Waals surface area contributed by atoms with Crippen molar-refractivity contribution < 1.29 is 0 Å². The van der Waals surface area contributed by atoms with Gasteiger partial charge in [0.15, 0.2) is 5.13 Å². The molecule has 1 atom stereocenters. The summed E-state index contributed by atoms with van der Waals surface area (Å²) in [5.74, 6) is 0. The number of thiazole rings is 1. The van der Waals surface area contributed by atoms with Crippen LogP contribution in [0.4, 0.5) is 5.13 Å². The van der Waals surface area contributed by atoms with Gasteiger partial charge in [-0.25, -0.2) is 9.67 Å². The average Bonchev–Trinajstić information content (AvgIpc) is 3.29. The number of hydrogen-bond acceptors (Lipinski definition) is 5. The number of fused-ring (bicyclic) bond motifs is 1. The molecule has 0 amide bonds. The monoisotopic (exact) mass is 381 g/mol. The van der Waals surface area contributed by atoms with Gasteiger partial charge in [-0.1, -0.05) is 6.07 Å². The molecule has 142 valence electrons. The van der Waals surface area contributed by atoms with E-state index in [0.29, 0.717) is 6.04 Å². The second-order valence-corrected chi connectivity index (χ2v) is 8.65. The van der Waals surface area contributed by atoms with E-state index in [9.17, 15) is 0 Å². The summed E-state index contributed by atoms with van der Waals surface area (Å²) in [6, 6.07) is 6.95. The van der Waals surface area contributed by atoms with Gasteiger partial charge in [0, 0.05) is 49.0 Å². The predicted molar refractivity (Wildman–Crippen MR) is 112 cm³/mol. The van der Waals surface area contributed by atoms with Crippen molar-refractivity contribution in [1.82, 2.24) is 20.1 Å². The predicted octanol–water partition coefficient (Wildman–Crippen LogP) is 4.18. The molecule has 1 aromatic carbocycles. The van der Waals surface area contributed by atoms with Crippen molar-refractivity contribution >= 4 is 16.5 Å². The molecule has 2 heterocycles. The lowest BCUT2D eigenvalue weighted by Gasteiger charge is -2.24. The van der Waals surface area contributed by atoms with E-state index >= 15 is 0 Å². The molecule has 0 unspecified atom stereocenters. The number of aryl methyl sites for hydroxylation is 2. The Balaban J connectivity index is 1.53. The van der Waals surface area contributed by atoms with Crippen LogP contribution in [0, 0.1) is 13.8 Å². The second-order valence-electron chi connectivity index (χ2n) is 7.56. The zero-order chi connectivity index (χ0) is 19.0.